The molecular formula is C13H18F3N5O2. The monoisotopic (exact) mass is 333 g/mol. The van der Waals surface area contributed by atoms with Crippen LogP contribution in [-0.4, -0.2) is 62.0 Å². The third-order valence-corrected chi connectivity index (χ3v) is 4.46. The van der Waals surface area contributed by atoms with Crippen molar-refractivity contribution in [3.8, 4) is 0 Å². The number of hydrogen-bond acceptors (Lipinski definition) is 5. The fourth-order valence-electron chi connectivity index (χ4n) is 3.17. The molecule has 1 amide bonds. The largest absolute Gasteiger partial charge is 0.418 e. The lowest BCUT2D eigenvalue weighted by atomic mass is 9.99. The van der Waals surface area contributed by atoms with Crippen molar-refractivity contribution in [2.45, 2.75) is 50.0 Å². The molecule has 23 heavy (non-hydrogen) atoms. The molecule has 0 unspecified atom stereocenters. The Morgan fingerprint density at radius 3 is 2.78 bits per heavy atom. The maximum atomic E-state index is 12.9. The summed E-state index contributed by atoms with van der Waals surface area (Å²) >= 11 is 0. The average molecular weight is 333 g/mol. The second kappa shape index (κ2) is 5.45. The Bertz CT molecular complexity index is 605. The minimum atomic E-state index is -4.76. The molecule has 2 fully saturated rings. The van der Waals surface area contributed by atoms with Crippen molar-refractivity contribution >= 4 is 5.91 Å². The Labute approximate surface area is 130 Å². The van der Waals surface area contributed by atoms with Crippen LogP contribution in [0.1, 0.15) is 37.0 Å². The highest BCUT2D eigenvalue weighted by Gasteiger charge is 2.59. The van der Waals surface area contributed by atoms with Crippen LogP contribution in [-0.2, 0) is 4.79 Å². The number of hydrogen-bond donors (Lipinski definition) is 3. The van der Waals surface area contributed by atoms with Crippen LogP contribution in [0.4, 0.5) is 13.2 Å². The number of nitrogens with one attached hydrogen (secondary N) is 2. The normalized spacial score (nSPS) is 31.8. The van der Waals surface area contributed by atoms with Gasteiger partial charge < -0.3 is 15.3 Å². The third kappa shape index (κ3) is 2.80. The Morgan fingerprint density at radius 2 is 2.22 bits per heavy atom. The molecule has 0 aliphatic carbocycles. The highest BCUT2D eigenvalue weighted by Crippen LogP contribution is 2.38. The number of halogens is 3. The number of carbonyl (C=O) groups excluding carboxylic acids is 1. The summed E-state index contributed by atoms with van der Waals surface area (Å²) in [6, 6.07) is -1.39. The molecule has 0 saturated carbocycles. The Balaban J connectivity index is 1.73. The second-order valence-electron chi connectivity index (χ2n) is 6.14. The third-order valence-electron chi connectivity index (χ3n) is 4.46. The zero-order chi connectivity index (χ0) is 16.8. The maximum Gasteiger partial charge on any atom is 0.418 e. The van der Waals surface area contributed by atoms with Crippen molar-refractivity contribution in [2.24, 2.45) is 0 Å². The molecule has 1 aromatic rings. The van der Waals surface area contributed by atoms with Crippen molar-refractivity contribution in [3.63, 3.8) is 0 Å². The van der Waals surface area contributed by atoms with E-state index in [0.717, 1.165) is 6.42 Å². The Hall–Kier alpha value is -1.68. The second-order valence-corrected chi connectivity index (χ2v) is 6.14. The summed E-state index contributed by atoms with van der Waals surface area (Å²) in [7, 11) is 0. The molecule has 0 bridgehead atoms. The molecule has 128 valence electrons. The number of aromatic nitrogens is 3. The number of aromatic amines is 1. The fraction of sp³-hybridized carbons (Fsp3) is 0.769. The van der Waals surface area contributed by atoms with Crippen LogP contribution in [0.2, 0.25) is 0 Å². The van der Waals surface area contributed by atoms with Crippen LogP contribution >= 0.6 is 0 Å². The zero-order valence-corrected chi connectivity index (χ0v) is 12.5. The van der Waals surface area contributed by atoms with E-state index < -0.39 is 36.7 Å². The first-order valence-corrected chi connectivity index (χ1v) is 7.43. The predicted molar refractivity (Wildman–Crippen MR) is 72.2 cm³/mol. The molecule has 3 heterocycles. The van der Waals surface area contributed by atoms with Gasteiger partial charge in [0.05, 0.1) is 12.1 Å². The van der Waals surface area contributed by atoms with Gasteiger partial charge >= 0.3 is 6.18 Å². The van der Waals surface area contributed by atoms with E-state index in [1.807, 2.05) is 0 Å². The van der Waals surface area contributed by atoms with E-state index in [-0.39, 0.29) is 6.04 Å². The first-order chi connectivity index (χ1) is 10.7. The van der Waals surface area contributed by atoms with Gasteiger partial charge in [-0.2, -0.15) is 18.3 Å². The molecule has 3 N–H and O–H groups in total. The molecule has 2 aliphatic heterocycles. The molecular weight excluding hydrogens is 315 g/mol. The van der Waals surface area contributed by atoms with Crippen LogP contribution in [0.3, 0.4) is 0 Å². The molecule has 2 saturated heterocycles. The van der Waals surface area contributed by atoms with Gasteiger partial charge in [-0.25, -0.2) is 4.98 Å². The van der Waals surface area contributed by atoms with Gasteiger partial charge in [0.2, 0.25) is 5.91 Å². The smallest absolute Gasteiger partial charge is 0.379 e. The summed E-state index contributed by atoms with van der Waals surface area (Å²) in [4.78, 5) is 18.3. The van der Waals surface area contributed by atoms with Crippen LogP contribution in [0.25, 0.3) is 0 Å². The molecule has 2 aliphatic rings. The van der Waals surface area contributed by atoms with Gasteiger partial charge in [-0.15, -0.1) is 0 Å². The van der Waals surface area contributed by atoms with Gasteiger partial charge in [0.25, 0.3) is 0 Å². The van der Waals surface area contributed by atoms with Gasteiger partial charge in [0, 0.05) is 19.5 Å². The number of rotatable bonds is 2. The number of β-amino-alcohol motifs (C(OH)–C–C–N with tert-alkyl or cyclic N) is 1. The Morgan fingerprint density at radius 1 is 1.48 bits per heavy atom. The Kier molecular flexibility index (Phi) is 3.83. The number of carbonyl (C=O) groups is 1. The van der Waals surface area contributed by atoms with Crippen LogP contribution in [0, 0.1) is 6.92 Å². The highest BCUT2D eigenvalue weighted by molar-refractivity contribution is 5.83. The summed E-state index contributed by atoms with van der Waals surface area (Å²) in [5.74, 6) is 0.636. The van der Waals surface area contributed by atoms with Crippen molar-refractivity contribution < 1.29 is 23.1 Å². The topological polar surface area (TPSA) is 94.1 Å². The minimum absolute atomic E-state index is 0.339. The quantitative estimate of drug-likeness (QED) is 0.730. The molecule has 0 aromatic carbocycles. The molecule has 1 aromatic heterocycles. The molecule has 3 rings (SSSR count). The van der Waals surface area contributed by atoms with E-state index in [1.165, 1.54) is 4.90 Å². The van der Waals surface area contributed by atoms with E-state index >= 15 is 0 Å². The number of H-pyrrole nitrogens is 1. The highest BCUT2D eigenvalue weighted by atomic mass is 19.4. The van der Waals surface area contributed by atoms with Crippen LogP contribution in [0.15, 0.2) is 0 Å². The molecule has 0 radical (unpaired) electrons. The first kappa shape index (κ1) is 16.2. The lowest BCUT2D eigenvalue weighted by molar-refractivity contribution is -0.252. The van der Waals surface area contributed by atoms with E-state index in [4.69, 9.17) is 0 Å². The van der Waals surface area contributed by atoms with Crippen LogP contribution < -0.4 is 5.32 Å². The SMILES string of the molecule is Cc1nc([C@@H]2CCCN2C(=O)[C@@H]2C[C@@](O)(C(F)(F)F)CN2)n[nH]1. The van der Waals surface area contributed by atoms with Crippen LogP contribution in [0.5, 0.6) is 0 Å². The standard InChI is InChI=1S/C13H18F3N5O2/c1-7-18-10(20-19-7)9-3-2-4-21(9)11(22)8-5-12(23,6-17-8)13(14,15)16/h8-9,17,23H,2-6H2,1H3,(H,18,19,20)/t8-,9-,12-/m0/s1. The summed E-state index contributed by atoms with van der Waals surface area (Å²) < 4.78 is 38.6. The average Bonchev–Trinajstić information content (AvgIpc) is 3.15. The maximum absolute atomic E-state index is 12.9. The van der Waals surface area contributed by atoms with Crippen molar-refractivity contribution in [3.05, 3.63) is 11.6 Å². The van der Waals surface area contributed by atoms with Crippen molar-refractivity contribution in [2.75, 3.05) is 13.1 Å². The van der Waals surface area contributed by atoms with Gasteiger partial charge in [-0.1, -0.05) is 0 Å². The van der Waals surface area contributed by atoms with Crippen molar-refractivity contribution in [1.29, 1.82) is 0 Å². The van der Waals surface area contributed by atoms with E-state index in [0.29, 0.717) is 24.6 Å². The lowest BCUT2D eigenvalue weighted by Gasteiger charge is -2.27. The predicted octanol–water partition coefficient (Wildman–Crippen LogP) is 0.432. The first-order valence-electron chi connectivity index (χ1n) is 7.43. The number of aliphatic hydroxyl groups is 1. The minimum Gasteiger partial charge on any atom is -0.379 e. The summed E-state index contributed by atoms with van der Waals surface area (Å²) in [6.45, 7) is 1.50. The van der Waals surface area contributed by atoms with E-state index in [2.05, 4.69) is 20.5 Å². The van der Waals surface area contributed by atoms with Gasteiger partial charge in [0.1, 0.15) is 5.82 Å². The lowest BCUT2D eigenvalue weighted by Crippen LogP contribution is -2.47. The summed E-state index contributed by atoms with van der Waals surface area (Å²) in [6.07, 6.45) is -4.04. The molecule has 0 spiro atoms. The van der Waals surface area contributed by atoms with Crippen molar-refractivity contribution in [1.82, 2.24) is 25.4 Å². The molecule has 3 atom stereocenters. The number of amides is 1. The number of aryl methyl sites for hydroxylation is 1. The summed E-state index contributed by atoms with van der Waals surface area (Å²) in [5, 5.41) is 18.9. The van der Waals surface area contributed by atoms with Gasteiger partial charge in [0.15, 0.2) is 11.4 Å². The number of likely N-dealkylation sites (tertiary alicyclic amines) is 1. The number of nitrogens with zero attached hydrogens (tertiary/aromatic N) is 3. The fourth-order valence-corrected chi connectivity index (χ4v) is 3.17. The van der Waals surface area contributed by atoms with Gasteiger partial charge in [-0.05, 0) is 19.8 Å². The van der Waals surface area contributed by atoms with Gasteiger partial charge in [-0.3, -0.25) is 9.89 Å². The van der Waals surface area contributed by atoms with E-state index in [1.54, 1.807) is 6.92 Å². The molecule has 10 heteroatoms. The van der Waals surface area contributed by atoms with E-state index in [9.17, 15) is 23.1 Å². The summed E-state index contributed by atoms with van der Waals surface area (Å²) in [5.41, 5.74) is -2.86. The zero-order valence-electron chi connectivity index (χ0n) is 12.5. The number of alkyl halides is 3. The molecule has 7 nitrogen and oxygen atoms in total.